The molecule has 1 aliphatic rings. The Balaban J connectivity index is 1.39. The molecule has 0 saturated carbocycles. The Bertz CT molecular complexity index is 1150. The summed E-state index contributed by atoms with van der Waals surface area (Å²) in [4.78, 5) is 35.5. The molecule has 0 spiro atoms. The summed E-state index contributed by atoms with van der Waals surface area (Å²) in [5, 5.41) is 5.07. The van der Waals surface area contributed by atoms with Gasteiger partial charge in [-0.25, -0.2) is 13.8 Å². The van der Waals surface area contributed by atoms with E-state index < -0.39 is 24.1 Å². The van der Waals surface area contributed by atoms with Gasteiger partial charge in [-0.15, -0.1) is 0 Å². The third kappa shape index (κ3) is 4.70. The molecule has 3 N–H and O–H groups in total. The van der Waals surface area contributed by atoms with Gasteiger partial charge in [0.15, 0.2) is 5.82 Å². The van der Waals surface area contributed by atoms with Gasteiger partial charge in [-0.1, -0.05) is 0 Å². The van der Waals surface area contributed by atoms with Gasteiger partial charge >= 0.3 is 11.8 Å². The molecule has 2 amide bonds. The highest BCUT2D eigenvalue weighted by molar-refractivity contribution is 6.43. The largest absolute Gasteiger partial charge is 0.369 e. The fraction of sp³-hybridized carbons (Fsp3) is 0.318. The number of rotatable bonds is 4. The van der Waals surface area contributed by atoms with Crippen molar-refractivity contribution in [2.75, 3.05) is 48.8 Å². The fourth-order valence-corrected chi connectivity index (χ4v) is 3.72. The second-order valence-electron chi connectivity index (χ2n) is 7.85. The molecule has 1 saturated heterocycles. The van der Waals surface area contributed by atoms with E-state index in [9.17, 15) is 18.4 Å². The Morgan fingerprint density at radius 2 is 1.62 bits per heavy atom. The molecule has 1 aromatic heterocycles. The van der Waals surface area contributed by atoms with Crippen molar-refractivity contribution >= 4 is 39.9 Å². The van der Waals surface area contributed by atoms with Gasteiger partial charge < -0.3 is 25.4 Å². The molecule has 10 heteroatoms. The van der Waals surface area contributed by atoms with Crippen molar-refractivity contribution in [3.8, 4) is 0 Å². The highest BCUT2D eigenvalue weighted by Crippen LogP contribution is 2.25. The summed E-state index contributed by atoms with van der Waals surface area (Å²) < 4.78 is 25.6. The van der Waals surface area contributed by atoms with Crippen LogP contribution >= 0.6 is 0 Å². The number of anilines is 3. The molecular weight excluding hydrogens is 418 g/mol. The van der Waals surface area contributed by atoms with Crippen molar-refractivity contribution in [3.05, 3.63) is 47.8 Å². The molecule has 0 unspecified atom stereocenters. The molecule has 0 aliphatic carbocycles. The molecule has 0 atom stereocenters. The smallest absolute Gasteiger partial charge is 0.314 e. The molecule has 0 bridgehead atoms. The van der Waals surface area contributed by atoms with E-state index in [1.165, 1.54) is 18.2 Å². The van der Waals surface area contributed by atoms with Crippen LogP contribution in [0.1, 0.15) is 17.8 Å². The number of alkyl halides is 2. The van der Waals surface area contributed by atoms with Gasteiger partial charge in [0.25, 0.3) is 6.43 Å². The number of hydrogen-bond donors (Lipinski definition) is 3. The normalized spacial score (nSPS) is 14.7. The third-order valence-electron chi connectivity index (χ3n) is 5.47. The summed E-state index contributed by atoms with van der Waals surface area (Å²) in [6.45, 7) is 5.82. The van der Waals surface area contributed by atoms with E-state index in [0.717, 1.165) is 37.4 Å². The van der Waals surface area contributed by atoms with Gasteiger partial charge in [0.2, 0.25) is 0 Å². The first kappa shape index (κ1) is 21.7. The van der Waals surface area contributed by atoms with Crippen molar-refractivity contribution in [2.45, 2.75) is 13.3 Å². The van der Waals surface area contributed by atoms with Crippen molar-refractivity contribution in [1.82, 2.24) is 14.9 Å². The van der Waals surface area contributed by atoms with E-state index >= 15 is 0 Å². The second kappa shape index (κ2) is 8.91. The first-order valence-corrected chi connectivity index (χ1v) is 10.2. The molecule has 168 valence electrons. The molecule has 2 aromatic carbocycles. The topological polar surface area (TPSA) is 93.4 Å². The number of H-pyrrole nitrogens is 1. The van der Waals surface area contributed by atoms with Crippen LogP contribution < -0.4 is 15.5 Å². The molecule has 0 radical (unpaired) electrons. The van der Waals surface area contributed by atoms with Crippen LogP contribution in [-0.4, -0.2) is 59.9 Å². The van der Waals surface area contributed by atoms with Gasteiger partial charge in [0.05, 0.1) is 11.0 Å². The Morgan fingerprint density at radius 1 is 1.00 bits per heavy atom. The van der Waals surface area contributed by atoms with E-state index in [-0.39, 0.29) is 0 Å². The first-order valence-electron chi connectivity index (χ1n) is 10.2. The number of piperazine rings is 1. The zero-order chi connectivity index (χ0) is 22.8. The van der Waals surface area contributed by atoms with Gasteiger partial charge in [-0.2, -0.15) is 0 Å². The monoisotopic (exact) mass is 442 g/mol. The van der Waals surface area contributed by atoms with Crippen molar-refractivity contribution in [1.29, 1.82) is 0 Å². The fourth-order valence-electron chi connectivity index (χ4n) is 3.72. The molecule has 2 heterocycles. The van der Waals surface area contributed by atoms with E-state index in [4.69, 9.17) is 0 Å². The van der Waals surface area contributed by atoms with Crippen LogP contribution in [0.3, 0.4) is 0 Å². The van der Waals surface area contributed by atoms with Gasteiger partial charge in [0, 0.05) is 43.2 Å². The quantitative estimate of drug-likeness (QED) is 0.540. The zero-order valence-electron chi connectivity index (χ0n) is 17.8. The lowest BCUT2D eigenvalue weighted by Crippen LogP contribution is -2.44. The van der Waals surface area contributed by atoms with E-state index in [1.54, 1.807) is 6.07 Å². The predicted octanol–water partition coefficient (Wildman–Crippen LogP) is 3.14. The van der Waals surface area contributed by atoms with Crippen LogP contribution in [0.15, 0.2) is 36.4 Å². The highest BCUT2D eigenvalue weighted by Gasteiger charge is 2.18. The number of imidazole rings is 1. The van der Waals surface area contributed by atoms with Crippen LogP contribution in [-0.2, 0) is 9.59 Å². The lowest BCUT2D eigenvalue weighted by Gasteiger charge is -2.35. The average Bonchev–Trinajstić information content (AvgIpc) is 3.18. The van der Waals surface area contributed by atoms with Crippen LogP contribution in [0.4, 0.5) is 25.8 Å². The Hall–Kier alpha value is -3.53. The average molecular weight is 442 g/mol. The number of carbonyl (C=O) groups excluding carboxylic acids is 2. The number of amides is 2. The lowest BCUT2D eigenvalue weighted by molar-refractivity contribution is -0.132. The second-order valence-corrected chi connectivity index (χ2v) is 7.85. The Morgan fingerprint density at radius 3 is 2.25 bits per heavy atom. The van der Waals surface area contributed by atoms with Gasteiger partial charge in [0.1, 0.15) is 0 Å². The number of benzene rings is 2. The number of likely N-dealkylation sites (N-methyl/N-ethyl adjacent to an activating group) is 1. The number of aryl methyl sites for hydroxylation is 1. The third-order valence-corrected chi connectivity index (χ3v) is 5.47. The first-order chi connectivity index (χ1) is 15.3. The summed E-state index contributed by atoms with van der Waals surface area (Å²) >= 11 is 0. The predicted molar refractivity (Wildman–Crippen MR) is 119 cm³/mol. The highest BCUT2D eigenvalue weighted by atomic mass is 19.3. The maximum absolute atomic E-state index is 12.8. The van der Waals surface area contributed by atoms with Gasteiger partial charge in [-0.3, -0.25) is 9.59 Å². The summed E-state index contributed by atoms with van der Waals surface area (Å²) in [5.74, 6) is -2.13. The molecule has 32 heavy (non-hydrogen) atoms. The number of nitrogens with one attached hydrogen (secondary N) is 3. The number of fused-ring (bicyclic) bond motifs is 1. The van der Waals surface area contributed by atoms with Crippen molar-refractivity contribution in [2.24, 2.45) is 0 Å². The number of aromatic nitrogens is 2. The van der Waals surface area contributed by atoms with Crippen LogP contribution in [0, 0.1) is 6.92 Å². The summed E-state index contributed by atoms with van der Waals surface area (Å²) in [6, 6.07) is 10.00. The minimum Gasteiger partial charge on any atom is -0.369 e. The molecule has 4 rings (SSSR count). The summed E-state index contributed by atoms with van der Waals surface area (Å²) in [5.41, 5.74) is 3.62. The molecule has 1 aliphatic heterocycles. The van der Waals surface area contributed by atoms with Crippen molar-refractivity contribution < 1.29 is 18.4 Å². The molecule has 3 aromatic rings. The van der Waals surface area contributed by atoms with Crippen LogP contribution in [0.25, 0.3) is 11.0 Å². The van der Waals surface area contributed by atoms with E-state index in [0.29, 0.717) is 22.4 Å². The minimum atomic E-state index is -2.72. The number of carbonyl (C=O) groups is 2. The molecule has 8 nitrogen and oxygen atoms in total. The van der Waals surface area contributed by atoms with Crippen molar-refractivity contribution in [3.63, 3.8) is 0 Å². The van der Waals surface area contributed by atoms with Crippen LogP contribution in [0.2, 0.25) is 0 Å². The maximum Gasteiger partial charge on any atom is 0.314 e. The van der Waals surface area contributed by atoms with E-state index in [1.807, 2.05) is 19.1 Å². The lowest BCUT2D eigenvalue weighted by atomic mass is 10.1. The molecular formula is C22H24F2N6O2. The number of aromatic amines is 1. The van der Waals surface area contributed by atoms with E-state index in [2.05, 4.69) is 37.4 Å². The minimum absolute atomic E-state index is 0.295. The zero-order valence-corrected chi connectivity index (χ0v) is 17.8. The number of hydrogen-bond acceptors (Lipinski definition) is 5. The molecule has 1 fully saturated rings. The van der Waals surface area contributed by atoms with Gasteiger partial charge in [-0.05, 0) is 55.9 Å². The standard InChI is InChI=1S/C22H24F2N6O2/c1-13-11-14(4-6-18(13)30-9-7-29(2)8-10-30)25-21(31)22(32)26-15-3-5-16-17(12-15)28-20(27-16)19(23)24/h3-6,11-12,19H,7-10H2,1-2H3,(H,25,31)(H,26,32)(H,27,28). The number of nitrogens with zero attached hydrogens (tertiary/aromatic N) is 3. The Kier molecular flexibility index (Phi) is 6.04. The van der Waals surface area contributed by atoms with Crippen LogP contribution in [0.5, 0.6) is 0 Å². The number of halogens is 2. The SMILES string of the molecule is Cc1cc(NC(=O)C(=O)Nc2ccc3nc(C(F)F)[nH]c3c2)ccc1N1CCN(C)CC1. The summed E-state index contributed by atoms with van der Waals surface area (Å²) in [7, 11) is 2.10. The summed E-state index contributed by atoms with van der Waals surface area (Å²) in [6.07, 6.45) is -2.72. The Labute approximate surface area is 183 Å². The maximum atomic E-state index is 12.8.